The van der Waals surface area contributed by atoms with Gasteiger partial charge in [0.05, 0.1) is 6.54 Å². The Morgan fingerprint density at radius 1 is 1.53 bits per heavy atom. The van der Waals surface area contributed by atoms with Crippen LogP contribution < -0.4 is 5.73 Å². The smallest absolute Gasteiger partial charge is 0.222 e. The summed E-state index contributed by atoms with van der Waals surface area (Å²) in [4.78, 5) is 15.1. The monoisotopic (exact) mass is 254 g/mol. The molecule has 96 valence electrons. The third-order valence-electron chi connectivity index (χ3n) is 2.64. The standard InChI is InChI=1S/C13H22N2OS/c1-4-15(10-11-6-5-9-17-11)12(16)7-8-13(2,3)14/h5-6,9H,4,7-8,10,14H2,1-3H3. The van der Waals surface area contributed by atoms with Crippen LogP contribution in [0.3, 0.4) is 0 Å². The normalized spacial score (nSPS) is 11.5. The summed E-state index contributed by atoms with van der Waals surface area (Å²) in [7, 11) is 0. The SMILES string of the molecule is CCN(Cc1cccs1)C(=O)CCC(C)(C)N. The second-order valence-electron chi connectivity index (χ2n) is 4.98. The summed E-state index contributed by atoms with van der Waals surface area (Å²) in [6, 6.07) is 4.08. The Kier molecular flexibility index (Phi) is 5.15. The number of thiophene rings is 1. The molecule has 2 N–H and O–H groups in total. The zero-order valence-corrected chi connectivity index (χ0v) is 11.7. The maximum atomic E-state index is 12.0. The molecule has 1 rings (SSSR count). The number of rotatable bonds is 6. The molecular formula is C13H22N2OS. The second-order valence-corrected chi connectivity index (χ2v) is 6.01. The van der Waals surface area contributed by atoms with Gasteiger partial charge in [0.25, 0.3) is 0 Å². The Morgan fingerprint density at radius 2 is 2.24 bits per heavy atom. The Labute approximate surface area is 108 Å². The zero-order valence-electron chi connectivity index (χ0n) is 10.9. The van der Waals surface area contributed by atoms with Gasteiger partial charge in [-0.3, -0.25) is 4.79 Å². The van der Waals surface area contributed by atoms with Crippen LogP contribution in [0.15, 0.2) is 17.5 Å². The molecule has 1 aromatic rings. The average molecular weight is 254 g/mol. The first-order valence-electron chi connectivity index (χ1n) is 6.01. The van der Waals surface area contributed by atoms with Crippen LogP contribution in [0.25, 0.3) is 0 Å². The molecule has 0 unspecified atom stereocenters. The average Bonchev–Trinajstić information content (AvgIpc) is 2.74. The van der Waals surface area contributed by atoms with Crippen molar-refractivity contribution in [1.82, 2.24) is 4.90 Å². The van der Waals surface area contributed by atoms with Gasteiger partial charge in [-0.25, -0.2) is 0 Å². The van der Waals surface area contributed by atoms with Gasteiger partial charge in [-0.05, 0) is 38.6 Å². The van der Waals surface area contributed by atoms with Gasteiger partial charge in [0.2, 0.25) is 5.91 Å². The predicted molar refractivity (Wildman–Crippen MR) is 72.9 cm³/mol. The van der Waals surface area contributed by atoms with Crippen molar-refractivity contribution in [3.8, 4) is 0 Å². The van der Waals surface area contributed by atoms with Crippen molar-refractivity contribution in [3.05, 3.63) is 22.4 Å². The molecule has 1 aromatic heterocycles. The van der Waals surface area contributed by atoms with Crippen molar-refractivity contribution >= 4 is 17.2 Å². The first kappa shape index (κ1) is 14.2. The summed E-state index contributed by atoms with van der Waals surface area (Å²) in [6.45, 7) is 7.39. The molecule has 4 heteroatoms. The number of hydrogen-bond donors (Lipinski definition) is 1. The molecule has 0 spiro atoms. The maximum Gasteiger partial charge on any atom is 0.222 e. The lowest BCUT2D eigenvalue weighted by Crippen LogP contribution is -2.36. The van der Waals surface area contributed by atoms with Crippen LogP contribution in [0.2, 0.25) is 0 Å². The second kappa shape index (κ2) is 6.17. The zero-order chi connectivity index (χ0) is 12.9. The molecule has 0 aliphatic carbocycles. The highest BCUT2D eigenvalue weighted by Gasteiger charge is 2.17. The van der Waals surface area contributed by atoms with E-state index in [2.05, 4.69) is 6.07 Å². The van der Waals surface area contributed by atoms with Gasteiger partial charge in [-0.1, -0.05) is 6.07 Å². The fourth-order valence-corrected chi connectivity index (χ4v) is 2.27. The van der Waals surface area contributed by atoms with E-state index in [1.54, 1.807) is 11.3 Å². The van der Waals surface area contributed by atoms with Crippen LogP contribution in [-0.4, -0.2) is 22.9 Å². The molecule has 0 fully saturated rings. The van der Waals surface area contributed by atoms with Crippen molar-refractivity contribution in [1.29, 1.82) is 0 Å². The van der Waals surface area contributed by atoms with Crippen LogP contribution in [0, 0.1) is 0 Å². The van der Waals surface area contributed by atoms with Gasteiger partial charge in [-0.15, -0.1) is 11.3 Å². The molecule has 0 atom stereocenters. The molecule has 0 aliphatic rings. The van der Waals surface area contributed by atoms with Crippen molar-refractivity contribution in [3.63, 3.8) is 0 Å². The maximum absolute atomic E-state index is 12.0. The predicted octanol–water partition coefficient (Wildman–Crippen LogP) is 2.61. The molecule has 1 amide bonds. The Balaban J connectivity index is 2.47. The van der Waals surface area contributed by atoms with Crippen LogP contribution in [0.1, 0.15) is 38.5 Å². The largest absolute Gasteiger partial charge is 0.338 e. The molecular weight excluding hydrogens is 232 g/mol. The summed E-state index contributed by atoms with van der Waals surface area (Å²) in [5.74, 6) is 0.194. The van der Waals surface area contributed by atoms with E-state index in [4.69, 9.17) is 5.73 Å². The number of nitrogens with two attached hydrogens (primary N) is 1. The van der Waals surface area contributed by atoms with E-state index in [0.29, 0.717) is 6.42 Å². The molecule has 17 heavy (non-hydrogen) atoms. The minimum atomic E-state index is -0.266. The number of carbonyl (C=O) groups excluding carboxylic acids is 1. The lowest BCUT2D eigenvalue weighted by molar-refractivity contribution is -0.131. The van der Waals surface area contributed by atoms with Gasteiger partial charge < -0.3 is 10.6 Å². The van der Waals surface area contributed by atoms with Crippen molar-refractivity contribution < 1.29 is 4.79 Å². The lowest BCUT2D eigenvalue weighted by Gasteiger charge is -2.23. The van der Waals surface area contributed by atoms with Gasteiger partial charge in [0, 0.05) is 23.4 Å². The van der Waals surface area contributed by atoms with E-state index in [9.17, 15) is 4.79 Å². The van der Waals surface area contributed by atoms with E-state index in [-0.39, 0.29) is 11.4 Å². The third-order valence-corrected chi connectivity index (χ3v) is 3.51. The fraction of sp³-hybridized carbons (Fsp3) is 0.615. The third kappa shape index (κ3) is 5.33. The molecule has 0 radical (unpaired) electrons. The molecule has 3 nitrogen and oxygen atoms in total. The minimum absolute atomic E-state index is 0.194. The van der Waals surface area contributed by atoms with E-state index >= 15 is 0 Å². The van der Waals surface area contributed by atoms with Crippen molar-refractivity contribution in [2.75, 3.05) is 6.54 Å². The van der Waals surface area contributed by atoms with Crippen LogP contribution in [0.4, 0.5) is 0 Å². The number of carbonyl (C=O) groups is 1. The van der Waals surface area contributed by atoms with Crippen molar-refractivity contribution in [2.45, 2.75) is 45.7 Å². The molecule has 0 saturated carbocycles. The summed E-state index contributed by atoms with van der Waals surface area (Å²) >= 11 is 1.69. The van der Waals surface area contributed by atoms with E-state index in [1.807, 2.05) is 37.1 Å². The molecule has 0 aromatic carbocycles. The van der Waals surface area contributed by atoms with Gasteiger partial charge >= 0.3 is 0 Å². The number of hydrogen-bond acceptors (Lipinski definition) is 3. The molecule has 1 heterocycles. The highest BCUT2D eigenvalue weighted by molar-refractivity contribution is 7.09. The Morgan fingerprint density at radius 3 is 2.71 bits per heavy atom. The van der Waals surface area contributed by atoms with Gasteiger partial charge in [0.1, 0.15) is 0 Å². The van der Waals surface area contributed by atoms with Gasteiger partial charge in [0.15, 0.2) is 0 Å². The van der Waals surface area contributed by atoms with Crippen LogP contribution in [-0.2, 0) is 11.3 Å². The first-order valence-corrected chi connectivity index (χ1v) is 6.89. The summed E-state index contributed by atoms with van der Waals surface area (Å²) in [6.07, 6.45) is 1.26. The quantitative estimate of drug-likeness (QED) is 0.848. The van der Waals surface area contributed by atoms with Gasteiger partial charge in [-0.2, -0.15) is 0 Å². The topological polar surface area (TPSA) is 46.3 Å². The summed E-state index contributed by atoms with van der Waals surface area (Å²) in [5.41, 5.74) is 5.63. The highest BCUT2D eigenvalue weighted by atomic mass is 32.1. The highest BCUT2D eigenvalue weighted by Crippen LogP contribution is 2.14. The molecule has 0 aliphatic heterocycles. The molecule has 0 bridgehead atoms. The summed E-state index contributed by atoms with van der Waals surface area (Å²) in [5, 5.41) is 2.04. The van der Waals surface area contributed by atoms with E-state index < -0.39 is 0 Å². The Bertz CT molecular complexity index is 341. The van der Waals surface area contributed by atoms with Crippen molar-refractivity contribution in [2.24, 2.45) is 5.73 Å². The van der Waals surface area contributed by atoms with Crippen LogP contribution >= 0.6 is 11.3 Å². The fourth-order valence-electron chi connectivity index (χ4n) is 1.55. The molecule has 0 saturated heterocycles. The first-order chi connectivity index (χ1) is 7.92. The number of amides is 1. The number of nitrogens with zero attached hydrogens (tertiary/aromatic N) is 1. The summed E-state index contributed by atoms with van der Waals surface area (Å²) < 4.78 is 0. The Hall–Kier alpha value is -0.870. The van der Waals surface area contributed by atoms with E-state index in [1.165, 1.54) is 4.88 Å². The van der Waals surface area contributed by atoms with Crippen LogP contribution in [0.5, 0.6) is 0 Å². The lowest BCUT2D eigenvalue weighted by atomic mass is 10.00. The minimum Gasteiger partial charge on any atom is -0.338 e. The van der Waals surface area contributed by atoms with E-state index in [0.717, 1.165) is 19.5 Å².